The minimum atomic E-state index is 0.578. The van der Waals surface area contributed by atoms with E-state index in [1.54, 1.807) is 18.9 Å². The quantitative estimate of drug-likeness (QED) is 0.283. The molecule has 0 unspecified atom stereocenters. The van der Waals surface area contributed by atoms with E-state index in [9.17, 15) is 0 Å². The molecule has 7 nitrogen and oxygen atoms in total. The third-order valence-electron chi connectivity index (χ3n) is 5.62. The molecule has 0 atom stereocenters. The van der Waals surface area contributed by atoms with Crippen molar-refractivity contribution in [3.63, 3.8) is 0 Å². The molecule has 8 heteroatoms. The summed E-state index contributed by atoms with van der Waals surface area (Å²) in [5, 5.41) is 13.4. The zero-order chi connectivity index (χ0) is 21.3. The number of hydrogen-bond acceptors (Lipinski definition) is 5. The highest BCUT2D eigenvalue weighted by atomic mass is 32.2. The van der Waals surface area contributed by atoms with Gasteiger partial charge in [-0.1, -0.05) is 36.7 Å². The monoisotopic (exact) mass is 430 g/mol. The van der Waals surface area contributed by atoms with Gasteiger partial charge in [-0.15, -0.1) is 10.2 Å². The van der Waals surface area contributed by atoms with E-state index in [0.717, 1.165) is 48.6 Å². The lowest BCUT2D eigenvalue weighted by Gasteiger charge is -2.22. The number of nitrogens with zero attached hydrogens (tertiary/aromatic N) is 5. The average Bonchev–Trinajstić information content (AvgIpc) is 3.43. The van der Waals surface area contributed by atoms with E-state index in [1.165, 1.54) is 31.2 Å². The van der Waals surface area contributed by atoms with Crippen LogP contribution in [0, 0.1) is 0 Å². The van der Waals surface area contributed by atoms with Crippen molar-refractivity contribution in [2.75, 3.05) is 34.0 Å². The molecule has 1 saturated carbocycles. The van der Waals surface area contributed by atoms with Gasteiger partial charge in [0.15, 0.2) is 11.1 Å². The molecule has 0 saturated heterocycles. The van der Waals surface area contributed by atoms with E-state index in [2.05, 4.69) is 55.4 Å². The fourth-order valence-electron chi connectivity index (χ4n) is 4.06. The van der Waals surface area contributed by atoms with Crippen molar-refractivity contribution in [1.82, 2.24) is 25.0 Å². The molecule has 0 bridgehead atoms. The van der Waals surface area contributed by atoms with Crippen LogP contribution < -0.4 is 10.1 Å². The van der Waals surface area contributed by atoms with Gasteiger partial charge in [-0.3, -0.25) is 4.99 Å². The highest BCUT2D eigenvalue weighted by Gasteiger charge is 2.23. The Balaban J connectivity index is 1.49. The molecule has 1 fully saturated rings. The SMILES string of the molecule is CN=C(NCCCc1nnc(SC)n1C1CCCC1)N(C)Cc1ccc(OC)cc1. The molecule has 164 valence electrons. The van der Waals surface area contributed by atoms with Crippen molar-refractivity contribution in [3.05, 3.63) is 35.7 Å². The van der Waals surface area contributed by atoms with Crippen molar-refractivity contribution >= 4 is 17.7 Å². The van der Waals surface area contributed by atoms with Crippen LogP contribution in [0.15, 0.2) is 34.4 Å². The van der Waals surface area contributed by atoms with Crippen molar-refractivity contribution in [3.8, 4) is 5.75 Å². The molecule has 0 aliphatic heterocycles. The van der Waals surface area contributed by atoms with Crippen LogP contribution in [0.3, 0.4) is 0 Å². The molecule has 0 spiro atoms. The molecule has 1 aliphatic rings. The maximum atomic E-state index is 5.23. The van der Waals surface area contributed by atoms with Gasteiger partial charge in [0.1, 0.15) is 11.6 Å². The van der Waals surface area contributed by atoms with E-state index < -0.39 is 0 Å². The summed E-state index contributed by atoms with van der Waals surface area (Å²) in [6.45, 7) is 1.64. The number of hydrogen-bond donors (Lipinski definition) is 1. The molecule has 2 aromatic rings. The Morgan fingerprint density at radius 2 is 2.00 bits per heavy atom. The average molecular weight is 431 g/mol. The Morgan fingerprint density at radius 3 is 2.63 bits per heavy atom. The third kappa shape index (κ3) is 5.68. The number of aliphatic imine (C=N–C) groups is 1. The standard InChI is InChI=1S/C22H34N6OS/c1-23-21(27(2)16-17-11-13-19(29-3)14-12-17)24-15-7-10-20-25-26-22(30-4)28(20)18-8-5-6-9-18/h11-14,18H,5-10,15-16H2,1-4H3,(H,23,24). The maximum absolute atomic E-state index is 5.23. The minimum absolute atomic E-state index is 0.578. The lowest BCUT2D eigenvalue weighted by atomic mass is 10.2. The van der Waals surface area contributed by atoms with Crippen LogP contribution in [-0.4, -0.2) is 59.6 Å². The Bertz CT molecular complexity index is 814. The first kappa shape index (κ1) is 22.5. The first-order chi connectivity index (χ1) is 14.7. The summed E-state index contributed by atoms with van der Waals surface area (Å²) in [5.74, 6) is 2.89. The molecular weight excluding hydrogens is 396 g/mol. The normalized spacial score (nSPS) is 14.9. The summed E-state index contributed by atoms with van der Waals surface area (Å²) in [7, 11) is 5.57. The van der Waals surface area contributed by atoms with Gasteiger partial charge in [0, 0.05) is 39.6 Å². The number of rotatable bonds is 9. The largest absolute Gasteiger partial charge is 0.497 e. The van der Waals surface area contributed by atoms with Gasteiger partial charge in [0.25, 0.3) is 0 Å². The number of thioether (sulfide) groups is 1. The van der Waals surface area contributed by atoms with Gasteiger partial charge in [0.2, 0.25) is 0 Å². The summed E-state index contributed by atoms with van der Waals surface area (Å²) >= 11 is 1.70. The highest BCUT2D eigenvalue weighted by molar-refractivity contribution is 7.98. The van der Waals surface area contributed by atoms with Crippen LogP contribution in [0.5, 0.6) is 5.75 Å². The molecule has 0 radical (unpaired) electrons. The Labute approximate surface area is 184 Å². The van der Waals surface area contributed by atoms with E-state index in [0.29, 0.717) is 6.04 Å². The van der Waals surface area contributed by atoms with Gasteiger partial charge in [-0.05, 0) is 43.2 Å². The lowest BCUT2D eigenvalue weighted by molar-refractivity contribution is 0.414. The predicted octanol–water partition coefficient (Wildman–Crippen LogP) is 3.76. The number of ether oxygens (including phenoxy) is 1. The Morgan fingerprint density at radius 1 is 1.27 bits per heavy atom. The first-order valence-electron chi connectivity index (χ1n) is 10.7. The summed E-state index contributed by atoms with van der Waals surface area (Å²) in [6.07, 6.45) is 9.14. The van der Waals surface area contributed by atoms with Gasteiger partial charge in [0.05, 0.1) is 7.11 Å². The zero-order valence-corrected chi connectivity index (χ0v) is 19.4. The van der Waals surface area contributed by atoms with Gasteiger partial charge >= 0.3 is 0 Å². The van der Waals surface area contributed by atoms with Crippen LogP contribution >= 0.6 is 11.8 Å². The van der Waals surface area contributed by atoms with E-state index in [-0.39, 0.29) is 0 Å². The fourth-order valence-corrected chi connectivity index (χ4v) is 4.63. The smallest absolute Gasteiger partial charge is 0.193 e. The van der Waals surface area contributed by atoms with Crippen molar-refractivity contribution in [2.45, 2.75) is 56.3 Å². The summed E-state index contributed by atoms with van der Waals surface area (Å²) < 4.78 is 7.62. The van der Waals surface area contributed by atoms with Crippen molar-refractivity contribution in [1.29, 1.82) is 0 Å². The van der Waals surface area contributed by atoms with Crippen LogP contribution in [0.1, 0.15) is 49.5 Å². The number of benzene rings is 1. The molecule has 1 aromatic heterocycles. The molecule has 1 aliphatic carbocycles. The second-order valence-electron chi connectivity index (χ2n) is 7.69. The van der Waals surface area contributed by atoms with Crippen LogP contribution in [-0.2, 0) is 13.0 Å². The first-order valence-corrected chi connectivity index (χ1v) is 11.9. The fraction of sp³-hybridized carbons (Fsp3) is 0.591. The maximum Gasteiger partial charge on any atom is 0.193 e. The predicted molar refractivity (Wildman–Crippen MR) is 123 cm³/mol. The van der Waals surface area contributed by atoms with Crippen molar-refractivity contribution in [2.24, 2.45) is 4.99 Å². The van der Waals surface area contributed by atoms with E-state index in [1.807, 2.05) is 19.2 Å². The lowest BCUT2D eigenvalue weighted by Crippen LogP contribution is -2.39. The summed E-state index contributed by atoms with van der Waals surface area (Å²) in [5.41, 5.74) is 1.22. The van der Waals surface area contributed by atoms with Crippen LogP contribution in [0.2, 0.25) is 0 Å². The minimum Gasteiger partial charge on any atom is -0.497 e. The topological polar surface area (TPSA) is 67.6 Å². The number of nitrogens with one attached hydrogen (secondary N) is 1. The summed E-state index contributed by atoms with van der Waals surface area (Å²) in [6, 6.07) is 8.73. The van der Waals surface area contributed by atoms with Crippen LogP contribution in [0.25, 0.3) is 0 Å². The second-order valence-corrected chi connectivity index (χ2v) is 8.47. The number of aryl methyl sites for hydroxylation is 1. The molecular formula is C22H34N6OS. The molecule has 0 amide bonds. The van der Waals surface area contributed by atoms with Crippen LogP contribution in [0.4, 0.5) is 0 Å². The highest BCUT2D eigenvalue weighted by Crippen LogP contribution is 2.33. The third-order valence-corrected chi connectivity index (χ3v) is 6.26. The summed E-state index contributed by atoms with van der Waals surface area (Å²) in [4.78, 5) is 6.56. The van der Waals surface area contributed by atoms with E-state index in [4.69, 9.17) is 4.74 Å². The molecule has 30 heavy (non-hydrogen) atoms. The second kappa shape index (κ2) is 11.2. The molecule has 3 rings (SSSR count). The Kier molecular flexibility index (Phi) is 8.42. The van der Waals surface area contributed by atoms with Gasteiger partial charge in [-0.25, -0.2) is 0 Å². The number of aromatic nitrogens is 3. The molecule has 1 N–H and O–H groups in total. The van der Waals surface area contributed by atoms with Gasteiger partial charge in [-0.2, -0.15) is 0 Å². The zero-order valence-electron chi connectivity index (χ0n) is 18.6. The number of methoxy groups -OCH3 is 1. The number of guanidine groups is 1. The van der Waals surface area contributed by atoms with Crippen molar-refractivity contribution < 1.29 is 4.74 Å². The van der Waals surface area contributed by atoms with E-state index >= 15 is 0 Å². The molecule has 1 heterocycles. The molecule has 1 aromatic carbocycles. The van der Waals surface area contributed by atoms with Gasteiger partial charge < -0.3 is 19.5 Å². The Hall–Kier alpha value is -2.22.